The Labute approximate surface area is 130 Å². The molecule has 5 fully saturated rings. The molecule has 0 aromatic heterocycles. The van der Waals surface area contributed by atoms with Crippen molar-refractivity contribution >= 4 is 20.8 Å². The maximum absolute atomic E-state index is 13.2. The topological polar surface area (TPSA) is 54.5 Å². The summed E-state index contributed by atoms with van der Waals surface area (Å²) in [5, 5.41) is 0. The van der Waals surface area contributed by atoms with Crippen LogP contribution >= 0.6 is 0 Å². The molecule has 0 spiro atoms. The van der Waals surface area contributed by atoms with Crippen LogP contribution in [0.4, 0.5) is 0 Å². The third-order valence-electron chi connectivity index (χ3n) is 6.34. The predicted molar refractivity (Wildman–Crippen MR) is 83.9 cm³/mol. The molecule has 21 heavy (non-hydrogen) atoms. The molecular formula is C15H25NO3S2. The summed E-state index contributed by atoms with van der Waals surface area (Å²) in [4.78, 5) is 0. The van der Waals surface area contributed by atoms with Crippen LogP contribution in [0.3, 0.4) is 0 Å². The van der Waals surface area contributed by atoms with E-state index in [1.165, 1.54) is 19.3 Å². The fourth-order valence-corrected chi connectivity index (χ4v) is 9.81. The van der Waals surface area contributed by atoms with Gasteiger partial charge in [0.25, 0.3) is 0 Å². The molecule has 5 rings (SSSR count). The van der Waals surface area contributed by atoms with Gasteiger partial charge in [-0.3, -0.25) is 0 Å². The highest BCUT2D eigenvalue weighted by molar-refractivity contribution is 7.91. The molecule has 4 saturated carbocycles. The summed E-state index contributed by atoms with van der Waals surface area (Å²) in [6, 6.07) is -0.0381. The first-order chi connectivity index (χ1) is 9.87. The first-order valence-corrected chi connectivity index (χ1v) is 11.1. The van der Waals surface area contributed by atoms with E-state index in [0.717, 1.165) is 37.0 Å². The van der Waals surface area contributed by atoms with Gasteiger partial charge in [0.2, 0.25) is 0 Å². The quantitative estimate of drug-likeness (QED) is 0.791. The fraction of sp³-hybridized carbons (Fsp3) is 1.00. The number of sulfone groups is 1. The molecule has 4 nitrogen and oxygen atoms in total. The smallest absolute Gasteiger partial charge is 0.151 e. The van der Waals surface area contributed by atoms with Crippen molar-refractivity contribution in [3.63, 3.8) is 0 Å². The Bertz CT molecular complexity index is 536. The van der Waals surface area contributed by atoms with Gasteiger partial charge in [-0.2, -0.15) is 0 Å². The van der Waals surface area contributed by atoms with Crippen molar-refractivity contribution in [1.82, 2.24) is 4.31 Å². The summed E-state index contributed by atoms with van der Waals surface area (Å²) in [6.07, 6.45) is 8.01. The van der Waals surface area contributed by atoms with Gasteiger partial charge >= 0.3 is 0 Å². The van der Waals surface area contributed by atoms with Gasteiger partial charge in [0.1, 0.15) is 11.0 Å². The van der Waals surface area contributed by atoms with Crippen molar-refractivity contribution in [3.8, 4) is 0 Å². The molecule has 120 valence electrons. The first kappa shape index (κ1) is 14.6. The van der Waals surface area contributed by atoms with Gasteiger partial charge in [-0.05, 0) is 62.7 Å². The Morgan fingerprint density at radius 2 is 1.57 bits per heavy atom. The number of rotatable bonds is 3. The minimum atomic E-state index is -2.91. The fourth-order valence-electron chi connectivity index (χ4n) is 5.75. The van der Waals surface area contributed by atoms with Gasteiger partial charge in [-0.1, -0.05) is 0 Å². The Morgan fingerprint density at radius 1 is 1.05 bits per heavy atom. The van der Waals surface area contributed by atoms with Gasteiger partial charge in [0, 0.05) is 13.1 Å². The highest BCUT2D eigenvalue weighted by Gasteiger charge is 2.55. The lowest BCUT2D eigenvalue weighted by molar-refractivity contribution is 0.0339. The minimum Gasteiger partial charge on any atom is -0.242 e. The second kappa shape index (κ2) is 4.78. The minimum absolute atomic E-state index is 0.0319. The third-order valence-corrected chi connectivity index (χ3v) is 10.1. The van der Waals surface area contributed by atoms with E-state index in [0.29, 0.717) is 6.42 Å². The largest absolute Gasteiger partial charge is 0.242 e. The SMILES string of the molecule is CN([C@H]1CCS(=O)(=O)C1)[S@@](=O)C12CC3CC(CC(C3)C1)C2. The predicted octanol–water partition coefficient (Wildman–Crippen LogP) is 1.74. The number of hydrogen-bond acceptors (Lipinski definition) is 3. The van der Waals surface area contributed by atoms with Crippen LogP contribution in [0.1, 0.15) is 44.9 Å². The van der Waals surface area contributed by atoms with Gasteiger partial charge in [-0.15, -0.1) is 0 Å². The van der Waals surface area contributed by atoms with E-state index in [1.54, 1.807) is 0 Å². The van der Waals surface area contributed by atoms with Gasteiger partial charge < -0.3 is 0 Å². The molecule has 0 aromatic carbocycles. The Hall–Kier alpha value is 0.0600. The molecule has 0 unspecified atom stereocenters. The van der Waals surface area contributed by atoms with Crippen LogP contribution in [0.15, 0.2) is 0 Å². The summed E-state index contributed by atoms with van der Waals surface area (Å²) in [5.41, 5.74) is 0. The van der Waals surface area contributed by atoms with E-state index >= 15 is 0 Å². The van der Waals surface area contributed by atoms with Crippen molar-refractivity contribution in [1.29, 1.82) is 0 Å². The number of nitrogens with zero attached hydrogens (tertiary/aromatic N) is 1. The maximum atomic E-state index is 13.2. The van der Waals surface area contributed by atoms with E-state index in [4.69, 9.17) is 0 Å². The molecule has 6 heteroatoms. The Balaban J connectivity index is 1.54. The van der Waals surface area contributed by atoms with Gasteiger partial charge in [-0.25, -0.2) is 16.9 Å². The summed E-state index contributed by atoms with van der Waals surface area (Å²) in [7, 11) is -2.04. The highest BCUT2D eigenvalue weighted by atomic mass is 32.2. The molecule has 4 bridgehead atoms. The number of hydrogen-bond donors (Lipinski definition) is 0. The second-order valence-electron chi connectivity index (χ2n) is 7.95. The third kappa shape index (κ3) is 2.41. The Kier molecular flexibility index (Phi) is 3.33. The second-order valence-corrected chi connectivity index (χ2v) is 12.1. The summed E-state index contributed by atoms with van der Waals surface area (Å²) >= 11 is 0. The average molecular weight is 332 g/mol. The van der Waals surface area contributed by atoms with E-state index in [9.17, 15) is 12.6 Å². The average Bonchev–Trinajstić information content (AvgIpc) is 2.76. The molecule has 0 radical (unpaired) electrons. The van der Waals surface area contributed by atoms with Crippen LogP contribution in [-0.2, 0) is 20.8 Å². The van der Waals surface area contributed by atoms with Crippen LogP contribution in [-0.4, -0.2) is 46.3 Å². The van der Waals surface area contributed by atoms with E-state index in [-0.39, 0.29) is 22.3 Å². The molecule has 1 heterocycles. The zero-order valence-electron chi connectivity index (χ0n) is 12.7. The monoisotopic (exact) mass is 331 g/mol. The van der Waals surface area contributed by atoms with Crippen LogP contribution in [0, 0.1) is 17.8 Å². The van der Waals surface area contributed by atoms with Crippen molar-refractivity contribution in [2.45, 2.75) is 55.7 Å². The normalized spacial score (nSPS) is 48.9. The summed E-state index contributed by atoms with van der Waals surface area (Å²) < 4.78 is 38.5. The maximum Gasteiger partial charge on any atom is 0.151 e. The molecule has 0 aromatic rings. The molecule has 1 aliphatic heterocycles. The molecule has 2 atom stereocenters. The van der Waals surface area contributed by atoms with Gasteiger partial charge in [0.05, 0.1) is 16.3 Å². The van der Waals surface area contributed by atoms with E-state index in [2.05, 4.69) is 0 Å². The molecule has 1 saturated heterocycles. The highest BCUT2D eigenvalue weighted by Crippen LogP contribution is 2.58. The van der Waals surface area contributed by atoms with Crippen molar-refractivity contribution in [3.05, 3.63) is 0 Å². The summed E-state index contributed by atoms with van der Waals surface area (Å²) in [5.74, 6) is 2.80. The van der Waals surface area contributed by atoms with Crippen LogP contribution in [0.2, 0.25) is 0 Å². The lowest BCUT2D eigenvalue weighted by Crippen LogP contribution is -2.56. The van der Waals surface area contributed by atoms with Crippen molar-refractivity contribution in [2.75, 3.05) is 18.6 Å². The molecule has 0 amide bonds. The van der Waals surface area contributed by atoms with Crippen molar-refractivity contribution in [2.24, 2.45) is 17.8 Å². The van der Waals surface area contributed by atoms with Crippen LogP contribution < -0.4 is 0 Å². The molecular weight excluding hydrogens is 306 g/mol. The van der Waals surface area contributed by atoms with Crippen LogP contribution in [0.25, 0.3) is 0 Å². The standard InChI is InChI=1S/C15H25NO3S2/c1-16(14-2-3-21(18,19)10-14)20(17)15-7-11-4-12(8-15)6-13(5-11)9-15/h11-14H,2-10H2,1H3/t11?,12?,13?,14-,15?,20-/m0/s1. The van der Waals surface area contributed by atoms with E-state index < -0.39 is 20.8 Å². The zero-order valence-corrected chi connectivity index (χ0v) is 14.3. The molecule has 4 aliphatic carbocycles. The Morgan fingerprint density at radius 3 is 2.00 bits per heavy atom. The van der Waals surface area contributed by atoms with E-state index in [1.807, 2.05) is 11.4 Å². The lowest BCUT2D eigenvalue weighted by atomic mass is 9.56. The van der Waals surface area contributed by atoms with Gasteiger partial charge in [0.15, 0.2) is 9.84 Å². The zero-order chi connectivity index (χ0) is 14.8. The lowest BCUT2D eigenvalue weighted by Gasteiger charge is -2.56. The molecule has 5 aliphatic rings. The van der Waals surface area contributed by atoms with Crippen molar-refractivity contribution < 1.29 is 12.6 Å². The van der Waals surface area contributed by atoms with Crippen LogP contribution in [0.5, 0.6) is 0 Å². The molecule has 0 N–H and O–H groups in total. The summed E-state index contributed by atoms with van der Waals surface area (Å²) in [6.45, 7) is 0. The first-order valence-electron chi connectivity index (χ1n) is 8.22.